The second kappa shape index (κ2) is 7.86. The highest BCUT2D eigenvalue weighted by molar-refractivity contribution is 9.10. The van der Waals surface area contributed by atoms with Gasteiger partial charge in [0.15, 0.2) is 0 Å². The Morgan fingerprint density at radius 3 is 2.62 bits per heavy atom. The Hall–Kier alpha value is -2.42. The van der Waals surface area contributed by atoms with Gasteiger partial charge >= 0.3 is 0 Å². The number of nitrogens with zero attached hydrogens (tertiary/aromatic N) is 3. The van der Waals surface area contributed by atoms with Gasteiger partial charge in [0.2, 0.25) is 11.9 Å². The molecule has 0 radical (unpaired) electrons. The lowest BCUT2D eigenvalue weighted by Crippen LogP contribution is -2.39. The molecule has 6 nitrogen and oxygen atoms in total. The van der Waals surface area contributed by atoms with Gasteiger partial charge in [0.05, 0.1) is 4.47 Å². The number of alkyl halides is 1. The van der Waals surface area contributed by atoms with E-state index in [0.717, 1.165) is 6.07 Å². The molecule has 2 amide bonds. The van der Waals surface area contributed by atoms with E-state index >= 15 is 0 Å². The van der Waals surface area contributed by atoms with Crippen molar-refractivity contribution in [2.45, 2.75) is 12.6 Å². The first-order chi connectivity index (χ1) is 12.4. The Balaban J connectivity index is 1.72. The molecular weight excluding hydrogens is 410 g/mol. The van der Waals surface area contributed by atoms with Crippen LogP contribution < -0.4 is 5.32 Å². The summed E-state index contributed by atoms with van der Waals surface area (Å²) < 4.78 is 27.2. The van der Waals surface area contributed by atoms with Gasteiger partial charge in [-0.3, -0.25) is 14.9 Å². The molecule has 2 aromatic rings. The Morgan fingerprint density at radius 1 is 1.31 bits per heavy atom. The van der Waals surface area contributed by atoms with Gasteiger partial charge < -0.3 is 4.90 Å². The molecular formula is C17H15BrF2N4O2. The van der Waals surface area contributed by atoms with Crippen LogP contribution in [0.15, 0.2) is 41.1 Å². The van der Waals surface area contributed by atoms with E-state index < -0.39 is 23.8 Å². The summed E-state index contributed by atoms with van der Waals surface area (Å²) >= 11 is 3.02. The highest BCUT2D eigenvalue weighted by Gasteiger charge is 2.40. The number of halogens is 3. The largest absolute Gasteiger partial charge is 0.329 e. The highest BCUT2D eigenvalue weighted by atomic mass is 79.9. The maximum absolute atomic E-state index is 13.7. The van der Waals surface area contributed by atoms with Crippen LogP contribution in [-0.2, 0) is 4.79 Å². The van der Waals surface area contributed by atoms with E-state index in [2.05, 4.69) is 31.2 Å². The predicted molar refractivity (Wildman–Crippen MR) is 93.7 cm³/mol. The van der Waals surface area contributed by atoms with E-state index in [4.69, 9.17) is 0 Å². The Morgan fingerprint density at radius 2 is 2.00 bits per heavy atom. The van der Waals surface area contributed by atoms with Gasteiger partial charge in [0.25, 0.3) is 5.91 Å². The molecule has 1 aromatic heterocycles. The molecule has 1 aliphatic rings. The molecule has 0 saturated heterocycles. The molecule has 0 aliphatic heterocycles. The zero-order valence-electron chi connectivity index (χ0n) is 13.5. The molecule has 1 fully saturated rings. The maximum atomic E-state index is 13.7. The van der Waals surface area contributed by atoms with Crippen LogP contribution in [0.2, 0.25) is 0 Å². The fraction of sp³-hybridized carbons (Fsp3) is 0.294. The minimum atomic E-state index is -0.979. The monoisotopic (exact) mass is 424 g/mol. The molecule has 0 bridgehead atoms. The molecule has 1 heterocycles. The number of nitrogens with one attached hydrogen (secondary N) is 1. The molecule has 1 aliphatic carbocycles. The van der Waals surface area contributed by atoms with Crippen LogP contribution in [0.1, 0.15) is 16.8 Å². The maximum Gasteiger partial charge on any atom is 0.254 e. The minimum Gasteiger partial charge on any atom is -0.329 e. The van der Waals surface area contributed by atoms with Crippen molar-refractivity contribution in [3.63, 3.8) is 0 Å². The number of hydrogen-bond acceptors (Lipinski definition) is 4. The van der Waals surface area contributed by atoms with Crippen LogP contribution in [0.25, 0.3) is 0 Å². The van der Waals surface area contributed by atoms with Crippen molar-refractivity contribution < 1.29 is 18.4 Å². The Bertz CT molecular complexity index is 822. The first-order valence-electron chi connectivity index (χ1n) is 7.89. The van der Waals surface area contributed by atoms with Crippen molar-refractivity contribution in [1.82, 2.24) is 14.9 Å². The molecule has 26 heavy (non-hydrogen) atoms. The standard InChI is InChI=1S/C17H15BrF2N4O2/c18-12-3-2-10(6-14(12)20)16(26)24(8-11-7-13(11)19)9-15(25)23-17-21-4-1-5-22-17/h1-6,11,13H,7-9H2,(H,21,22,23,25). The van der Waals surface area contributed by atoms with E-state index in [9.17, 15) is 18.4 Å². The molecule has 1 aromatic carbocycles. The van der Waals surface area contributed by atoms with Crippen LogP contribution in [0.5, 0.6) is 0 Å². The molecule has 0 spiro atoms. The zero-order chi connectivity index (χ0) is 18.7. The molecule has 2 atom stereocenters. The molecule has 1 saturated carbocycles. The number of carbonyl (C=O) groups excluding carboxylic acids is 2. The topological polar surface area (TPSA) is 75.2 Å². The fourth-order valence-electron chi connectivity index (χ4n) is 2.41. The van der Waals surface area contributed by atoms with Crippen LogP contribution in [0.4, 0.5) is 14.7 Å². The SMILES string of the molecule is O=C(CN(CC1CC1F)C(=O)c1ccc(Br)c(F)c1)Nc1ncccn1. The van der Waals surface area contributed by atoms with E-state index in [0.29, 0.717) is 6.42 Å². The summed E-state index contributed by atoms with van der Waals surface area (Å²) in [7, 11) is 0. The molecule has 9 heteroatoms. The number of hydrogen-bond donors (Lipinski definition) is 1. The average Bonchev–Trinajstić information content (AvgIpc) is 3.31. The lowest BCUT2D eigenvalue weighted by molar-refractivity contribution is -0.117. The van der Waals surface area contributed by atoms with Gasteiger partial charge in [0, 0.05) is 30.4 Å². The van der Waals surface area contributed by atoms with Crippen LogP contribution in [0.3, 0.4) is 0 Å². The number of rotatable bonds is 6. The normalized spacial score (nSPS) is 18.3. The minimum absolute atomic E-state index is 0.0841. The van der Waals surface area contributed by atoms with E-state index in [1.54, 1.807) is 6.07 Å². The van der Waals surface area contributed by atoms with Crippen molar-refractivity contribution in [2.75, 3.05) is 18.4 Å². The smallest absolute Gasteiger partial charge is 0.254 e. The number of benzene rings is 1. The second-order valence-corrected chi connectivity index (χ2v) is 6.80. The highest BCUT2D eigenvalue weighted by Crippen LogP contribution is 2.34. The van der Waals surface area contributed by atoms with Crippen LogP contribution in [0, 0.1) is 11.7 Å². The van der Waals surface area contributed by atoms with Crippen molar-refractivity contribution in [3.8, 4) is 0 Å². The third kappa shape index (κ3) is 4.60. The van der Waals surface area contributed by atoms with Crippen molar-refractivity contribution in [2.24, 2.45) is 5.92 Å². The molecule has 3 rings (SSSR count). The van der Waals surface area contributed by atoms with Gasteiger partial charge in [0.1, 0.15) is 18.5 Å². The number of carbonyl (C=O) groups is 2. The van der Waals surface area contributed by atoms with Crippen molar-refractivity contribution in [3.05, 3.63) is 52.5 Å². The third-order valence-electron chi connectivity index (χ3n) is 3.90. The first kappa shape index (κ1) is 18.4. The van der Waals surface area contributed by atoms with Gasteiger partial charge in [-0.25, -0.2) is 18.7 Å². The molecule has 1 N–H and O–H groups in total. The predicted octanol–water partition coefficient (Wildman–Crippen LogP) is 2.82. The summed E-state index contributed by atoms with van der Waals surface area (Å²) in [6.45, 7) is -0.223. The summed E-state index contributed by atoms with van der Waals surface area (Å²) in [5, 5.41) is 2.47. The molecule has 136 valence electrons. The lowest BCUT2D eigenvalue weighted by atomic mass is 10.2. The third-order valence-corrected chi connectivity index (χ3v) is 4.54. The Labute approximate surface area is 156 Å². The summed E-state index contributed by atoms with van der Waals surface area (Å²) in [6.07, 6.45) is 2.30. The quantitative estimate of drug-likeness (QED) is 0.773. The second-order valence-electron chi connectivity index (χ2n) is 5.95. The van der Waals surface area contributed by atoms with E-state index in [-0.39, 0.29) is 35.0 Å². The van der Waals surface area contributed by atoms with Crippen molar-refractivity contribution in [1.29, 1.82) is 0 Å². The molecule has 2 unspecified atom stereocenters. The van der Waals surface area contributed by atoms with Crippen LogP contribution in [-0.4, -0.2) is 45.9 Å². The number of anilines is 1. The summed E-state index contributed by atoms with van der Waals surface area (Å²) in [4.78, 5) is 33.8. The first-order valence-corrected chi connectivity index (χ1v) is 8.68. The van der Waals surface area contributed by atoms with Crippen LogP contribution >= 0.6 is 15.9 Å². The lowest BCUT2D eigenvalue weighted by Gasteiger charge is -2.22. The van der Waals surface area contributed by atoms with E-state index in [1.807, 2.05) is 0 Å². The van der Waals surface area contributed by atoms with Gasteiger partial charge in [-0.05, 0) is 46.6 Å². The summed E-state index contributed by atoms with van der Waals surface area (Å²) in [5.41, 5.74) is 0.0884. The van der Waals surface area contributed by atoms with Gasteiger partial charge in [-0.1, -0.05) is 0 Å². The average molecular weight is 425 g/mol. The number of aromatic nitrogens is 2. The fourth-order valence-corrected chi connectivity index (χ4v) is 2.66. The van der Waals surface area contributed by atoms with Gasteiger partial charge in [-0.15, -0.1) is 0 Å². The Kier molecular flexibility index (Phi) is 5.55. The van der Waals surface area contributed by atoms with E-state index in [1.165, 1.54) is 29.4 Å². The summed E-state index contributed by atoms with van der Waals surface area (Å²) in [6, 6.07) is 5.54. The zero-order valence-corrected chi connectivity index (χ0v) is 15.1. The number of amides is 2. The van der Waals surface area contributed by atoms with Crippen molar-refractivity contribution >= 4 is 33.7 Å². The van der Waals surface area contributed by atoms with Gasteiger partial charge in [-0.2, -0.15) is 0 Å². The summed E-state index contributed by atoms with van der Waals surface area (Å²) in [5.74, 6) is -1.85.